The molecule has 4 aromatic rings. The number of hydrogen-bond donors (Lipinski definition) is 0. The van der Waals surface area contributed by atoms with E-state index in [-0.39, 0.29) is 30.5 Å². The highest BCUT2D eigenvalue weighted by atomic mass is 79.9. The van der Waals surface area contributed by atoms with E-state index < -0.39 is 12.0 Å². The van der Waals surface area contributed by atoms with E-state index in [1.807, 2.05) is 56.3 Å². The van der Waals surface area contributed by atoms with E-state index in [0.717, 1.165) is 14.5 Å². The first-order chi connectivity index (χ1) is 22.5. The van der Waals surface area contributed by atoms with Gasteiger partial charge in [0.2, 0.25) is 0 Å². The number of fused-ring (bicyclic) bond motifs is 1. The van der Waals surface area contributed by atoms with Crippen LogP contribution in [0.15, 0.2) is 84.6 Å². The number of benzene rings is 3. The molecule has 0 spiro atoms. The summed E-state index contributed by atoms with van der Waals surface area (Å²) >= 11 is 8.25. The first-order valence-corrected chi connectivity index (χ1v) is 17.2. The van der Waals surface area contributed by atoms with Crippen LogP contribution in [0.25, 0.3) is 6.08 Å². The van der Waals surface area contributed by atoms with Crippen molar-refractivity contribution in [3.63, 3.8) is 0 Å². The molecule has 47 heavy (non-hydrogen) atoms. The van der Waals surface area contributed by atoms with E-state index in [0.29, 0.717) is 49.2 Å². The van der Waals surface area contributed by atoms with E-state index in [4.69, 9.17) is 28.7 Å². The number of halogens is 2. The average molecular weight is 787 g/mol. The number of methoxy groups -OCH3 is 2. The number of hydrogen-bond acceptors (Lipinski definition) is 9. The van der Waals surface area contributed by atoms with Crippen molar-refractivity contribution >= 4 is 55.2 Å². The van der Waals surface area contributed by atoms with E-state index in [1.54, 1.807) is 46.3 Å². The van der Waals surface area contributed by atoms with Crippen LogP contribution in [0, 0.1) is 0 Å². The van der Waals surface area contributed by atoms with Gasteiger partial charge in [0, 0.05) is 14.5 Å². The highest BCUT2D eigenvalue weighted by Crippen LogP contribution is 2.38. The minimum Gasteiger partial charge on any atom is -0.493 e. The van der Waals surface area contributed by atoms with Gasteiger partial charge in [0.15, 0.2) is 27.8 Å². The lowest BCUT2D eigenvalue weighted by atomic mass is 9.95. The molecule has 246 valence electrons. The first kappa shape index (κ1) is 34.5. The second kappa shape index (κ2) is 14.9. The fourth-order valence-corrected chi connectivity index (χ4v) is 6.95. The molecule has 5 rings (SSSR count). The maximum absolute atomic E-state index is 14.3. The lowest BCUT2D eigenvalue weighted by Gasteiger charge is -2.25. The zero-order valence-electron chi connectivity index (χ0n) is 26.8. The summed E-state index contributed by atoms with van der Waals surface area (Å²) in [5.74, 6) is 1.47. The van der Waals surface area contributed by atoms with Gasteiger partial charge in [0.25, 0.3) is 5.56 Å². The normalized spacial score (nSPS) is 14.5. The van der Waals surface area contributed by atoms with Gasteiger partial charge in [-0.15, -0.1) is 0 Å². The number of carbonyl (C=O) groups excluding carboxylic acids is 1. The molecule has 0 unspecified atom stereocenters. The van der Waals surface area contributed by atoms with Crippen molar-refractivity contribution in [2.24, 2.45) is 4.99 Å². The third-order valence-corrected chi connectivity index (χ3v) is 9.20. The predicted molar refractivity (Wildman–Crippen MR) is 188 cm³/mol. The largest absolute Gasteiger partial charge is 0.493 e. The second-order valence-electron chi connectivity index (χ2n) is 10.8. The Labute approximate surface area is 293 Å². The summed E-state index contributed by atoms with van der Waals surface area (Å²) in [4.78, 5) is 32.9. The molecule has 0 saturated carbocycles. The molecule has 0 radical (unpaired) electrons. The van der Waals surface area contributed by atoms with Crippen molar-refractivity contribution in [2.75, 3.05) is 20.8 Å². The number of allylic oxidation sites excluding steroid dienone is 1. The zero-order valence-corrected chi connectivity index (χ0v) is 30.7. The second-order valence-corrected chi connectivity index (χ2v) is 13.7. The van der Waals surface area contributed by atoms with Crippen molar-refractivity contribution in [2.45, 2.75) is 46.4 Å². The topological polar surface area (TPSA) is 97.6 Å². The standard InChI is InChI=1S/C35H34Br2N2O7S/c1-7-44-34(41)30-20(4)38-35-39(31(30)22-10-13-26(46-19(2)3)27(15-22)42-5)33(40)29(47-35)16-23-14-25(37)17-28(43-6)32(23)45-18-21-8-11-24(36)12-9-21/h8-17,19,31H,7,18H2,1-6H3/b29-16+/t31-/m1/s1. The van der Waals surface area contributed by atoms with Crippen LogP contribution in [0.1, 0.15) is 50.4 Å². The Morgan fingerprint density at radius 3 is 2.38 bits per heavy atom. The monoisotopic (exact) mass is 784 g/mol. The number of thiazole rings is 1. The van der Waals surface area contributed by atoms with Crippen LogP contribution in [-0.4, -0.2) is 37.5 Å². The minimum atomic E-state index is -0.820. The number of esters is 1. The van der Waals surface area contributed by atoms with Crippen LogP contribution >= 0.6 is 43.2 Å². The van der Waals surface area contributed by atoms with Gasteiger partial charge in [0.05, 0.1) is 48.8 Å². The molecule has 0 aliphatic carbocycles. The molecule has 0 saturated heterocycles. The van der Waals surface area contributed by atoms with Crippen LogP contribution in [0.2, 0.25) is 0 Å². The summed E-state index contributed by atoms with van der Waals surface area (Å²) in [5.41, 5.74) is 2.65. The van der Waals surface area contributed by atoms with Gasteiger partial charge >= 0.3 is 5.97 Å². The van der Waals surface area contributed by atoms with Crippen molar-refractivity contribution in [1.29, 1.82) is 0 Å². The molecular weight excluding hydrogens is 752 g/mol. The first-order valence-electron chi connectivity index (χ1n) is 14.8. The number of rotatable bonds is 11. The van der Waals surface area contributed by atoms with Crippen molar-refractivity contribution in [3.05, 3.63) is 111 Å². The quantitative estimate of drug-likeness (QED) is 0.156. The van der Waals surface area contributed by atoms with E-state index >= 15 is 0 Å². The molecule has 1 atom stereocenters. The van der Waals surface area contributed by atoms with E-state index in [2.05, 4.69) is 31.9 Å². The number of aromatic nitrogens is 1. The smallest absolute Gasteiger partial charge is 0.338 e. The zero-order chi connectivity index (χ0) is 33.8. The molecule has 1 aromatic heterocycles. The molecule has 3 aromatic carbocycles. The molecule has 1 aliphatic heterocycles. The van der Waals surface area contributed by atoms with Gasteiger partial charge in [-0.1, -0.05) is 61.4 Å². The number of nitrogens with zero attached hydrogens (tertiary/aromatic N) is 2. The van der Waals surface area contributed by atoms with Crippen LogP contribution in [-0.2, 0) is 16.1 Å². The van der Waals surface area contributed by atoms with Gasteiger partial charge in [-0.3, -0.25) is 9.36 Å². The van der Waals surface area contributed by atoms with Gasteiger partial charge in [-0.05, 0) is 81.3 Å². The maximum atomic E-state index is 14.3. The Hall–Kier alpha value is -3.87. The summed E-state index contributed by atoms with van der Waals surface area (Å²) in [6.07, 6.45) is 1.68. The third-order valence-electron chi connectivity index (χ3n) is 7.23. The Bertz CT molecular complexity index is 2020. The minimum absolute atomic E-state index is 0.0787. The molecular formula is C35H34Br2N2O7S. The van der Waals surface area contributed by atoms with E-state index in [1.165, 1.54) is 15.9 Å². The molecule has 0 N–H and O–H groups in total. The van der Waals surface area contributed by atoms with Crippen LogP contribution in [0.3, 0.4) is 0 Å². The fourth-order valence-electron chi connectivity index (χ4n) is 5.19. The highest BCUT2D eigenvalue weighted by Gasteiger charge is 2.34. The fraction of sp³-hybridized carbons (Fsp3) is 0.286. The Kier molecular flexibility index (Phi) is 10.9. The maximum Gasteiger partial charge on any atom is 0.338 e. The van der Waals surface area contributed by atoms with E-state index in [9.17, 15) is 9.59 Å². The number of ether oxygens (including phenoxy) is 5. The molecule has 0 fully saturated rings. The van der Waals surface area contributed by atoms with Crippen LogP contribution in [0.4, 0.5) is 0 Å². The third kappa shape index (κ3) is 7.50. The van der Waals surface area contributed by atoms with Gasteiger partial charge < -0.3 is 23.7 Å². The predicted octanol–water partition coefficient (Wildman–Crippen LogP) is 6.71. The molecule has 2 heterocycles. The summed E-state index contributed by atoms with van der Waals surface area (Å²) in [7, 11) is 3.12. The van der Waals surface area contributed by atoms with Gasteiger partial charge in [-0.2, -0.15) is 0 Å². The summed E-state index contributed by atoms with van der Waals surface area (Å²) in [6.45, 7) is 7.79. The lowest BCUT2D eigenvalue weighted by Crippen LogP contribution is -2.40. The Morgan fingerprint density at radius 1 is 1.00 bits per heavy atom. The molecule has 0 bridgehead atoms. The summed E-state index contributed by atoms with van der Waals surface area (Å²) in [6, 6.07) is 16.1. The SMILES string of the molecule is CCOC(=O)C1=C(C)N=c2s/c(=C/c3cc(Br)cc(OC)c3OCc3ccc(Br)cc3)c(=O)n2[C@@H]1c1ccc(OC(C)C)c(OC)c1. The lowest BCUT2D eigenvalue weighted by molar-refractivity contribution is -0.139. The number of carbonyl (C=O) groups is 1. The van der Waals surface area contributed by atoms with Crippen molar-refractivity contribution < 1.29 is 28.5 Å². The van der Waals surface area contributed by atoms with Crippen LogP contribution < -0.4 is 33.8 Å². The Balaban J connectivity index is 1.67. The molecule has 9 nitrogen and oxygen atoms in total. The van der Waals surface area contributed by atoms with Gasteiger partial charge in [-0.25, -0.2) is 9.79 Å². The molecule has 12 heteroatoms. The Morgan fingerprint density at radius 2 is 1.72 bits per heavy atom. The average Bonchev–Trinajstić information content (AvgIpc) is 3.34. The van der Waals surface area contributed by atoms with Crippen LogP contribution in [0.5, 0.6) is 23.0 Å². The van der Waals surface area contributed by atoms with Crippen molar-refractivity contribution in [1.82, 2.24) is 4.57 Å². The van der Waals surface area contributed by atoms with Gasteiger partial charge in [0.1, 0.15) is 6.61 Å². The summed E-state index contributed by atoms with van der Waals surface area (Å²) < 4.78 is 32.6. The highest BCUT2D eigenvalue weighted by molar-refractivity contribution is 9.10. The summed E-state index contributed by atoms with van der Waals surface area (Å²) in [5, 5.41) is 0. The molecule has 0 amide bonds. The van der Waals surface area contributed by atoms with Crippen molar-refractivity contribution in [3.8, 4) is 23.0 Å². The molecule has 1 aliphatic rings.